The first-order valence-electron chi connectivity index (χ1n) is 25.8. The third kappa shape index (κ3) is 20.1. The predicted octanol–water partition coefficient (Wildman–Crippen LogP) is -5.19. The molecule has 0 aromatic heterocycles. The van der Waals surface area contributed by atoms with Crippen molar-refractivity contribution in [2.24, 2.45) is 29.0 Å². The second-order valence-corrected chi connectivity index (χ2v) is 19.5. The molecule has 2 aromatic carbocycles. The highest BCUT2D eigenvalue weighted by Crippen LogP contribution is 2.19. The van der Waals surface area contributed by atoms with Crippen LogP contribution >= 0.6 is 0 Å². The summed E-state index contributed by atoms with van der Waals surface area (Å²) in [4.78, 5) is 138. The van der Waals surface area contributed by atoms with E-state index in [1.807, 2.05) is 30.3 Å². The van der Waals surface area contributed by atoms with E-state index in [0.29, 0.717) is 5.56 Å². The highest BCUT2D eigenvalue weighted by molar-refractivity contribution is 5.99. The summed E-state index contributed by atoms with van der Waals surface area (Å²) in [5, 5.41) is 46.5. The van der Waals surface area contributed by atoms with Gasteiger partial charge in [0.25, 0.3) is 0 Å². The molecule has 0 radical (unpaired) electrons. The SMILES string of the molecule is CC(C)C[C@@H]1NC(=O)[C@@H](Cc2ccccc2)NC(=O)[C@H](CCN)NC(=O)[C@@H](NC(=O)[C@@H](CO)NC(=O)[C@H]2NC(=O)C[C@@H]2COCc2ccccc2)CCNC(=O)[C@H]([C@@H](C)O)NC(=O)[C@H](CCN)NC(=O)[C@H](CCN)NC1=O. The first-order chi connectivity index (χ1) is 36.8. The van der Waals surface area contributed by atoms with E-state index in [1.165, 1.54) is 6.92 Å². The van der Waals surface area contributed by atoms with Crippen LogP contribution < -0.4 is 70.4 Å². The van der Waals surface area contributed by atoms with Crippen molar-refractivity contribution in [1.29, 1.82) is 0 Å². The van der Waals surface area contributed by atoms with Crippen LogP contribution in [0, 0.1) is 11.8 Å². The van der Waals surface area contributed by atoms with Crippen LogP contribution in [0.25, 0.3) is 0 Å². The summed E-state index contributed by atoms with van der Waals surface area (Å²) in [6, 6.07) is 4.69. The average Bonchev–Trinajstić information content (AvgIpc) is 3.78. The number of hydrogen-bond donors (Lipinski definition) is 15. The first-order valence-corrected chi connectivity index (χ1v) is 25.8. The van der Waals surface area contributed by atoms with Crippen molar-refractivity contribution < 1.29 is 62.9 Å². The van der Waals surface area contributed by atoms with Crippen LogP contribution in [0.3, 0.4) is 0 Å². The van der Waals surface area contributed by atoms with Gasteiger partial charge in [-0.25, -0.2) is 0 Å². The van der Waals surface area contributed by atoms with Crippen molar-refractivity contribution in [1.82, 2.24) is 53.2 Å². The molecule has 77 heavy (non-hydrogen) atoms. The molecule has 0 bridgehead atoms. The van der Waals surface area contributed by atoms with Crippen molar-refractivity contribution in [2.45, 2.75) is 133 Å². The standard InChI is InChI=1S/C51H77N13O13/c1-28(2)22-37-47(72)58-33(14-18-52)43(68)57-35(16-20-54)46(71)64-41(29(3)66)50(75)55-21-17-36(45(70)56-34(15-19-53)44(69)61-38(48(73)60-37)23-30-10-6-4-7-11-30)59-49(74)39(25-65)62-51(76)42-32(24-40(67)63-42)27-77-26-31-12-8-5-9-13-31/h4-13,28-29,32-39,41-42,65-66H,14-27,52-54H2,1-3H3,(H,55,75)(H,56,70)(H,57,68)(H,58,72)(H,59,74)(H,60,73)(H,61,69)(H,62,76)(H,63,67)(H,64,71)/t29-,32-,33+,34+,35+,36+,37+,38-,39-,41+,42+/m1/s1. The Morgan fingerprint density at radius 3 is 1.68 bits per heavy atom. The van der Waals surface area contributed by atoms with E-state index in [2.05, 4.69) is 53.2 Å². The Morgan fingerprint density at radius 2 is 1.14 bits per heavy atom. The fourth-order valence-corrected chi connectivity index (χ4v) is 8.58. The molecule has 0 aliphatic carbocycles. The number of nitrogens with two attached hydrogens (primary N) is 3. The minimum Gasteiger partial charge on any atom is -0.394 e. The predicted molar refractivity (Wildman–Crippen MR) is 279 cm³/mol. The molecule has 2 aliphatic rings. The topological polar surface area (TPSA) is 419 Å². The van der Waals surface area contributed by atoms with Gasteiger partial charge in [-0.15, -0.1) is 0 Å². The van der Waals surface area contributed by atoms with E-state index in [9.17, 15) is 58.2 Å². The highest BCUT2D eigenvalue weighted by Gasteiger charge is 2.40. The summed E-state index contributed by atoms with van der Waals surface area (Å²) in [5.74, 6) is -9.53. The minimum atomic E-state index is -1.71. The van der Waals surface area contributed by atoms with Crippen LogP contribution in [0.2, 0.25) is 0 Å². The Bertz CT molecular complexity index is 2310. The number of nitrogens with one attached hydrogen (secondary N) is 10. The quantitative estimate of drug-likeness (QED) is 0.0589. The lowest BCUT2D eigenvalue weighted by molar-refractivity contribution is -0.136. The molecule has 2 saturated heterocycles. The summed E-state index contributed by atoms with van der Waals surface area (Å²) in [5.41, 5.74) is 19.0. The molecule has 0 spiro atoms. The van der Waals surface area contributed by atoms with Crippen molar-refractivity contribution >= 4 is 59.1 Å². The maximum Gasteiger partial charge on any atom is 0.245 e. The second-order valence-electron chi connectivity index (χ2n) is 19.5. The van der Waals surface area contributed by atoms with Crippen molar-refractivity contribution in [3.63, 3.8) is 0 Å². The van der Waals surface area contributed by atoms with Gasteiger partial charge in [0, 0.05) is 25.3 Å². The second kappa shape index (κ2) is 31.8. The molecular weight excluding hydrogens is 1000 g/mol. The molecule has 2 aliphatic heterocycles. The molecule has 11 atom stereocenters. The number of carbonyl (C=O) groups is 10. The third-order valence-electron chi connectivity index (χ3n) is 12.7. The molecule has 18 N–H and O–H groups in total. The van der Waals surface area contributed by atoms with Gasteiger partial charge in [-0.05, 0) is 75.7 Å². The van der Waals surface area contributed by atoms with Gasteiger partial charge in [0.2, 0.25) is 59.1 Å². The van der Waals surface area contributed by atoms with Gasteiger partial charge in [-0.2, -0.15) is 0 Å². The Morgan fingerprint density at radius 1 is 0.649 bits per heavy atom. The van der Waals surface area contributed by atoms with Crippen LogP contribution in [0.5, 0.6) is 0 Å². The molecule has 4 rings (SSSR count). The van der Waals surface area contributed by atoms with Gasteiger partial charge < -0.3 is 85.3 Å². The van der Waals surface area contributed by atoms with E-state index in [-0.39, 0.29) is 77.3 Å². The molecule has 0 unspecified atom stereocenters. The van der Waals surface area contributed by atoms with Gasteiger partial charge in [0.1, 0.15) is 54.4 Å². The van der Waals surface area contributed by atoms with E-state index >= 15 is 0 Å². The number of rotatable bonds is 20. The van der Waals surface area contributed by atoms with E-state index in [1.54, 1.807) is 44.2 Å². The summed E-state index contributed by atoms with van der Waals surface area (Å²) in [7, 11) is 0. The lowest BCUT2D eigenvalue weighted by atomic mass is 10.00. The van der Waals surface area contributed by atoms with Crippen molar-refractivity contribution in [3.05, 3.63) is 71.8 Å². The maximum atomic E-state index is 14.4. The molecule has 2 fully saturated rings. The van der Waals surface area contributed by atoms with Gasteiger partial charge in [0.15, 0.2) is 0 Å². The number of benzene rings is 2. The van der Waals surface area contributed by atoms with Gasteiger partial charge in [-0.3, -0.25) is 47.9 Å². The number of amides is 10. The summed E-state index contributed by atoms with van der Waals surface area (Å²) >= 11 is 0. The fraction of sp³-hybridized carbons (Fsp3) is 0.569. The van der Waals surface area contributed by atoms with Crippen LogP contribution in [-0.2, 0) is 65.7 Å². The molecule has 0 saturated carbocycles. The zero-order valence-corrected chi connectivity index (χ0v) is 43.7. The molecule has 26 heteroatoms. The number of aliphatic hydroxyl groups excluding tert-OH is 2. The number of hydrogen-bond acceptors (Lipinski definition) is 16. The number of carbonyl (C=O) groups excluding carboxylic acids is 10. The zero-order chi connectivity index (χ0) is 56.6. The molecule has 26 nitrogen and oxygen atoms in total. The van der Waals surface area contributed by atoms with Gasteiger partial charge in [-0.1, -0.05) is 74.5 Å². The molecular formula is C51H77N13O13. The summed E-state index contributed by atoms with van der Waals surface area (Å²) < 4.78 is 5.80. The Balaban J connectivity index is 1.69. The summed E-state index contributed by atoms with van der Waals surface area (Å²) in [6.07, 6.45) is -2.59. The van der Waals surface area contributed by atoms with E-state index in [4.69, 9.17) is 21.9 Å². The monoisotopic (exact) mass is 1080 g/mol. The Hall–Kier alpha value is -7.10. The Labute approximate surface area is 447 Å². The van der Waals surface area contributed by atoms with Crippen molar-refractivity contribution in [2.75, 3.05) is 39.4 Å². The van der Waals surface area contributed by atoms with Crippen LogP contribution in [0.4, 0.5) is 0 Å². The van der Waals surface area contributed by atoms with Gasteiger partial charge in [0.05, 0.1) is 25.9 Å². The molecule has 424 valence electrons. The average molecular weight is 1080 g/mol. The normalized spacial score (nSPS) is 25.3. The molecule has 10 amide bonds. The minimum absolute atomic E-state index is 0.0131. The van der Waals surface area contributed by atoms with Crippen LogP contribution in [-0.4, -0.2) is 169 Å². The van der Waals surface area contributed by atoms with E-state index in [0.717, 1.165) is 5.56 Å². The first kappa shape index (κ1) is 62.4. The summed E-state index contributed by atoms with van der Waals surface area (Å²) in [6.45, 7) is 3.13. The number of ether oxygens (including phenoxy) is 1. The lowest BCUT2D eigenvalue weighted by Gasteiger charge is -2.28. The largest absolute Gasteiger partial charge is 0.394 e. The highest BCUT2D eigenvalue weighted by atomic mass is 16.5. The molecule has 2 heterocycles. The van der Waals surface area contributed by atoms with Gasteiger partial charge >= 0.3 is 0 Å². The maximum absolute atomic E-state index is 14.4. The van der Waals surface area contributed by atoms with Crippen LogP contribution in [0.1, 0.15) is 70.4 Å². The van der Waals surface area contributed by atoms with Crippen LogP contribution in [0.15, 0.2) is 60.7 Å². The lowest BCUT2D eigenvalue weighted by Crippen LogP contribution is -2.61. The molecule has 2 aromatic rings. The van der Waals surface area contributed by atoms with Crippen molar-refractivity contribution in [3.8, 4) is 0 Å². The Kier molecular flexibility index (Phi) is 25.8. The number of aliphatic hydroxyl groups is 2. The zero-order valence-electron chi connectivity index (χ0n) is 43.7. The third-order valence-corrected chi connectivity index (χ3v) is 12.7. The smallest absolute Gasteiger partial charge is 0.245 e. The fourth-order valence-electron chi connectivity index (χ4n) is 8.58. The van der Waals surface area contributed by atoms with E-state index < -0.39 is 145 Å².